The summed E-state index contributed by atoms with van der Waals surface area (Å²) in [6.45, 7) is 2.23. The third kappa shape index (κ3) is 18.2. The van der Waals surface area contributed by atoms with Crippen molar-refractivity contribution in [3.05, 3.63) is 30.3 Å². The van der Waals surface area contributed by atoms with E-state index in [9.17, 15) is 13.2 Å². The van der Waals surface area contributed by atoms with E-state index in [4.69, 9.17) is 9.66 Å². The van der Waals surface area contributed by atoms with Gasteiger partial charge in [-0.1, -0.05) is 76.5 Å². The molecular weight excluding hydrogens is 351 g/mol. The van der Waals surface area contributed by atoms with Gasteiger partial charge in [0.1, 0.15) is 0 Å². The minimum atomic E-state index is -4.00. The maximum atomic E-state index is 10.4. The number of aliphatic carboxylic acids is 1. The van der Waals surface area contributed by atoms with Crippen LogP contribution < -0.4 is 0 Å². The summed E-state index contributed by atoms with van der Waals surface area (Å²) in [6, 6.07) is 7.42. The summed E-state index contributed by atoms with van der Waals surface area (Å²) in [4.78, 5) is 10.1. The normalized spacial score (nSPS) is 10.3. The van der Waals surface area contributed by atoms with Gasteiger partial charge in [-0.25, -0.2) is 0 Å². The van der Waals surface area contributed by atoms with Gasteiger partial charge in [-0.2, -0.15) is 8.42 Å². The van der Waals surface area contributed by atoms with Crippen LogP contribution in [0.2, 0.25) is 0 Å². The first-order valence-electron chi connectivity index (χ1n) is 8.62. The van der Waals surface area contributed by atoms with E-state index in [0.717, 1.165) is 12.8 Å². The zero-order chi connectivity index (χ0) is 18.3. The standard InChI is InChI=1S/C12H24O2.C6H6O3S.Na.H/c1-2-3-4-5-6-7-8-9-10-11-12(13)14;7-10(8,9)6-4-2-1-3-5-6;;/h2-11H2,1H3,(H,13,14);1-5H,(H,7,8,9);;. The Labute approximate surface area is 174 Å². The molecule has 0 aliphatic rings. The van der Waals surface area contributed by atoms with Crippen molar-refractivity contribution in [1.29, 1.82) is 0 Å². The van der Waals surface area contributed by atoms with E-state index >= 15 is 0 Å². The molecule has 5 nitrogen and oxygen atoms in total. The molecule has 0 spiro atoms. The predicted molar refractivity (Wildman–Crippen MR) is 103 cm³/mol. The summed E-state index contributed by atoms with van der Waals surface area (Å²) in [7, 11) is -4.00. The van der Waals surface area contributed by atoms with Crippen LogP contribution >= 0.6 is 0 Å². The van der Waals surface area contributed by atoms with Crippen LogP contribution in [0.1, 0.15) is 71.1 Å². The van der Waals surface area contributed by atoms with Crippen LogP contribution in [0, 0.1) is 0 Å². The summed E-state index contributed by atoms with van der Waals surface area (Å²) in [6.07, 6.45) is 11.5. The Kier molecular flexibility index (Phi) is 18.3. The molecule has 25 heavy (non-hydrogen) atoms. The van der Waals surface area contributed by atoms with E-state index < -0.39 is 16.1 Å². The van der Waals surface area contributed by atoms with E-state index in [1.54, 1.807) is 18.2 Å². The Morgan fingerprint density at radius 1 is 0.880 bits per heavy atom. The third-order valence-electron chi connectivity index (χ3n) is 3.54. The minimum absolute atomic E-state index is 0. The number of carboxylic acids is 1. The fraction of sp³-hybridized carbons (Fsp3) is 0.611. The number of carbonyl (C=O) groups is 1. The molecule has 1 rings (SSSR count). The van der Waals surface area contributed by atoms with Crippen molar-refractivity contribution in [3.8, 4) is 0 Å². The van der Waals surface area contributed by atoms with Gasteiger partial charge in [-0.15, -0.1) is 0 Å². The number of unbranched alkanes of at least 4 members (excludes halogenated alkanes) is 8. The van der Waals surface area contributed by atoms with Crippen LogP contribution in [0.4, 0.5) is 0 Å². The fourth-order valence-corrected chi connectivity index (χ4v) is 2.68. The summed E-state index contributed by atoms with van der Waals surface area (Å²) in [5.41, 5.74) is 0. The number of rotatable bonds is 11. The van der Waals surface area contributed by atoms with Gasteiger partial charge < -0.3 is 5.11 Å². The molecule has 140 valence electrons. The Bertz CT molecular complexity index is 532. The van der Waals surface area contributed by atoms with Crippen LogP contribution in [0.25, 0.3) is 0 Å². The molecular formula is C18H31NaO5S. The van der Waals surface area contributed by atoms with Crippen LogP contribution in [0.5, 0.6) is 0 Å². The van der Waals surface area contributed by atoms with E-state index in [-0.39, 0.29) is 34.5 Å². The fourth-order valence-electron chi connectivity index (χ4n) is 2.18. The van der Waals surface area contributed by atoms with Crippen molar-refractivity contribution >= 4 is 45.6 Å². The summed E-state index contributed by atoms with van der Waals surface area (Å²) in [5.74, 6) is -0.659. The van der Waals surface area contributed by atoms with Gasteiger partial charge >= 0.3 is 35.5 Å². The second kappa shape index (κ2) is 17.0. The second-order valence-electron chi connectivity index (χ2n) is 5.76. The van der Waals surface area contributed by atoms with Gasteiger partial charge in [0.25, 0.3) is 10.1 Å². The molecule has 0 unspecified atom stereocenters. The molecule has 0 saturated carbocycles. The average Bonchev–Trinajstić information content (AvgIpc) is 2.54. The molecule has 1 aromatic rings. The Balaban J connectivity index is 0. The average molecular weight is 382 g/mol. The molecule has 0 aliphatic carbocycles. The summed E-state index contributed by atoms with van der Waals surface area (Å²) >= 11 is 0. The maximum absolute atomic E-state index is 10.4. The molecule has 0 heterocycles. The molecule has 0 bridgehead atoms. The Morgan fingerprint density at radius 2 is 1.32 bits per heavy atom. The molecule has 0 saturated heterocycles. The van der Waals surface area contributed by atoms with Crippen LogP contribution in [0.15, 0.2) is 35.2 Å². The van der Waals surface area contributed by atoms with Crippen molar-refractivity contribution in [1.82, 2.24) is 0 Å². The third-order valence-corrected chi connectivity index (χ3v) is 4.40. The van der Waals surface area contributed by atoms with Crippen LogP contribution in [-0.4, -0.2) is 53.6 Å². The van der Waals surface area contributed by atoms with Gasteiger partial charge in [0.15, 0.2) is 0 Å². The van der Waals surface area contributed by atoms with Crippen molar-refractivity contribution < 1.29 is 22.9 Å². The second-order valence-corrected chi connectivity index (χ2v) is 7.18. The molecule has 0 aromatic heterocycles. The first-order valence-corrected chi connectivity index (χ1v) is 10.1. The van der Waals surface area contributed by atoms with Crippen LogP contribution in [0.3, 0.4) is 0 Å². The zero-order valence-corrected chi connectivity index (χ0v) is 15.3. The molecule has 0 aliphatic heterocycles. The number of hydrogen-bond donors (Lipinski definition) is 2. The van der Waals surface area contributed by atoms with Crippen molar-refractivity contribution in [2.24, 2.45) is 0 Å². The molecule has 2 N–H and O–H groups in total. The zero-order valence-electron chi connectivity index (χ0n) is 14.5. The number of benzene rings is 1. The molecule has 1 aromatic carbocycles. The van der Waals surface area contributed by atoms with Crippen LogP contribution in [-0.2, 0) is 14.9 Å². The number of carboxylic acid groups (broad SMARTS) is 1. The molecule has 0 amide bonds. The molecule has 7 heteroatoms. The van der Waals surface area contributed by atoms with Crippen molar-refractivity contribution in [2.45, 2.75) is 76.0 Å². The van der Waals surface area contributed by atoms with Gasteiger partial charge in [-0.05, 0) is 18.6 Å². The first kappa shape index (κ1) is 26.8. The van der Waals surface area contributed by atoms with Gasteiger partial charge in [-0.3, -0.25) is 9.35 Å². The van der Waals surface area contributed by atoms with E-state index in [0.29, 0.717) is 6.42 Å². The molecule has 0 atom stereocenters. The number of hydrogen-bond acceptors (Lipinski definition) is 3. The first-order chi connectivity index (χ1) is 11.4. The van der Waals surface area contributed by atoms with Gasteiger partial charge in [0.2, 0.25) is 0 Å². The monoisotopic (exact) mass is 382 g/mol. The summed E-state index contributed by atoms with van der Waals surface area (Å²) < 4.78 is 29.2. The molecule has 0 radical (unpaired) electrons. The van der Waals surface area contributed by atoms with Crippen molar-refractivity contribution in [3.63, 3.8) is 0 Å². The van der Waals surface area contributed by atoms with Crippen molar-refractivity contribution in [2.75, 3.05) is 0 Å². The topological polar surface area (TPSA) is 91.7 Å². The van der Waals surface area contributed by atoms with Gasteiger partial charge in [0.05, 0.1) is 4.90 Å². The quantitative estimate of drug-likeness (QED) is 0.339. The molecule has 0 fully saturated rings. The van der Waals surface area contributed by atoms with E-state index in [2.05, 4.69) is 6.92 Å². The SMILES string of the molecule is CCCCCCCCCCCC(=O)O.O=S(=O)(O)c1ccccc1.[NaH]. The van der Waals surface area contributed by atoms with E-state index in [1.807, 2.05) is 0 Å². The summed E-state index contributed by atoms with van der Waals surface area (Å²) in [5, 5.41) is 8.41. The predicted octanol–water partition coefficient (Wildman–Crippen LogP) is 4.28. The van der Waals surface area contributed by atoms with Gasteiger partial charge in [0, 0.05) is 6.42 Å². The Hall–Kier alpha value is -0.400. The Morgan fingerprint density at radius 3 is 1.68 bits per heavy atom. The van der Waals surface area contributed by atoms with E-state index in [1.165, 1.54) is 57.1 Å².